The summed E-state index contributed by atoms with van der Waals surface area (Å²) in [4.78, 5) is 0.0851. The summed E-state index contributed by atoms with van der Waals surface area (Å²) in [6, 6.07) is 8.18. The van der Waals surface area contributed by atoms with Gasteiger partial charge in [0.2, 0.25) is 10.0 Å². The Bertz CT molecular complexity index is 542. The molecule has 0 spiro atoms. The highest BCUT2D eigenvalue weighted by Gasteiger charge is 2.27. The fourth-order valence-corrected chi connectivity index (χ4v) is 3.58. The molecule has 0 heterocycles. The molecule has 98 valence electrons. The normalized spacial score (nSPS) is 11.8. The van der Waals surface area contributed by atoms with Gasteiger partial charge < -0.3 is 0 Å². The van der Waals surface area contributed by atoms with E-state index in [1.807, 2.05) is 19.9 Å². The van der Waals surface area contributed by atoms with Crippen LogP contribution in [-0.2, 0) is 10.0 Å². The minimum atomic E-state index is -3.59. The number of hydrogen-bond acceptors (Lipinski definition) is 3. The molecule has 4 nitrogen and oxygen atoms in total. The highest BCUT2D eigenvalue weighted by Crippen LogP contribution is 2.22. The maximum absolute atomic E-state index is 12.4. The van der Waals surface area contributed by atoms with E-state index in [9.17, 15) is 8.42 Å². The van der Waals surface area contributed by atoms with Gasteiger partial charge in [0.15, 0.2) is 0 Å². The van der Waals surface area contributed by atoms with E-state index in [4.69, 9.17) is 5.26 Å². The van der Waals surface area contributed by atoms with Gasteiger partial charge in [-0.3, -0.25) is 0 Å². The van der Waals surface area contributed by atoms with Crippen LogP contribution in [0.3, 0.4) is 0 Å². The molecule has 0 N–H and O–H groups in total. The molecule has 0 saturated heterocycles. The van der Waals surface area contributed by atoms with Crippen LogP contribution in [0.1, 0.15) is 32.3 Å². The zero-order chi connectivity index (χ0) is 13.8. The SMILES string of the molecule is CCC(CC)N(C)S(=O)(=O)c1ccccc1C#N. The van der Waals surface area contributed by atoms with E-state index in [0.717, 1.165) is 12.8 Å². The summed E-state index contributed by atoms with van der Waals surface area (Å²) in [6.07, 6.45) is 1.50. The molecule has 0 aliphatic carbocycles. The molecule has 1 aromatic carbocycles. The molecule has 5 heteroatoms. The van der Waals surface area contributed by atoms with Crippen LogP contribution < -0.4 is 0 Å². The van der Waals surface area contributed by atoms with Crippen LogP contribution in [0.4, 0.5) is 0 Å². The van der Waals surface area contributed by atoms with Gasteiger partial charge in [-0.05, 0) is 25.0 Å². The first-order chi connectivity index (χ1) is 8.48. The minimum Gasteiger partial charge on any atom is -0.207 e. The molecule has 18 heavy (non-hydrogen) atoms. The first kappa shape index (κ1) is 14.7. The minimum absolute atomic E-state index is 0.0400. The van der Waals surface area contributed by atoms with Gasteiger partial charge in [0.05, 0.1) is 10.5 Å². The van der Waals surface area contributed by atoms with Gasteiger partial charge in [-0.1, -0.05) is 26.0 Å². The van der Waals surface area contributed by atoms with Crippen molar-refractivity contribution < 1.29 is 8.42 Å². The van der Waals surface area contributed by atoms with E-state index >= 15 is 0 Å². The Kier molecular flexibility index (Phi) is 4.88. The average molecular weight is 266 g/mol. The van der Waals surface area contributed by atoms with Gasteiger partial charge in [-0.2, -0.15) is 9.57 Å². The van der Waals surface area contributed by atoms with Crippen molar-refractivity contribution in [2.75, 3.05) is 7.05 Å². The van der Waals surface area contributed by atoms with Gasteiger partial charge in [-0.25, -0.2) is 8.42 Å². The molecule has 0 aliphatic rings. The van der Waals surface area contributed by atoms with Crippen molar-refractivity contribution in [1.82, 2.24) is 4.31 Å². The summed E-state index contributed by atoms with van der Waals surface area (Å²) in [7, 11) is -2.02. The molecule has 0 atom stereocenters. The highest BCUT2D eigenvalue weighted by molar-refractivity contribution is 7.89. The molecule has 0 amide bonds. The Morgan fingerprint density at radius 3 is 2.33 bits per heavy atom. The van der Waals surface area contributed by atoms with Crippen LogP contribution in [0.5, 0.6) is 0 Å². The molecule has 0 aliphatic heterocycles. The second kappa shape index (κ2) is 5.98. The summed E-state index contributed by atoms with van der Waals surface area (Å²) in [6.45, 7) is 3.91. The summed E-state index contributed by atoms with van der Waals surface area (Å²) in [5, 5.41) is 8.98. The maximum Gasteiger partial charge on any atom is 0.244 e. The van der Waals surface area contributed by atoms with Crippen molar-refractivity contribution in [2.24, 2.45) is 0 Å². The van der Waals surface area contributed by atoms with Crippen molar-refractivity contribution in [2.45, 2.75) is 37.6 Å². The Hall–Kier alpha value is -1.38. The third-order valence-corrected chi connectivity index (χ3v) is 5.09. The Morgan fingerprint density at radius 1 is 1.28 bits per heavy atom. The topological polar surface area (TPSA) is 61.2 Å². The van der Waals surface area contributed by atoms with E-state index in [-0.39, 0.29) is 16.5 Å². The summed E-state index contributed by atoms with van der Waals surface area (Å²) >= 11 is 0. The number of benzene rings is 1. The first-order valence-electron chi connectivity index (χ1n) is 5.96. The lowest BCUT2D eigenvalue weighted by molar-refractivity contribution is 0.349. The lowest BCUT2D eigenvalue weighted by atomic mass is 10.2. The third kappa shape index (κ3) is 2.71. The molecule has 0 unspecified atom stereocenters. The van der Waals surface area contributed by atoms with E-state index < -0.39 is 10.0 Å². The molecule has 0 saturated carbocycles. The summed E-state index contributed by atoms with van der Waals surface area (Å²) in [5.41, 5.74) is 0.190. The smallest absolute Gasteiger partial charge is 0.207 e. The van der Waals surface area contributed by atoms with Gasteiger partial charge in [-0.15, -0.1) is 0 Å². The van der Waals surface area contributed by atoms with E-state index in [2.05, 4.69) is 0 Å². The molecular weight excluding hydrogens is 248 g/mol. The maximum atomic E-state index is 12.4. The van der Waals surface area contributed by atoms with Gasteiger partial charge in [0.25, 0.3) is 0 Å². The highest BCUT2D eigenvalue weighted by atomic mass is 32.2. The standard InChI is InChI=1S/C13H18N2O2S/c1-4-12(5-2)15(3)18(16,17)13-9-7-6-8-11(13)10-14/h6-9,12H,4-5H2,1-3H3. The average Bonchev–Trinajstić information content (AvgIpc) is 2.39. The van der Waals surface area contributed by atoms with E-state index in [0.29, 0.717) is 0 Å². The first-order valence-corrected chi connectivity index (χ1v) is 7.40. The quantitative estimate of drug-likeness (QED) is 0.822. The molecule has 0 aromatic heterocycles. The fourth-order valence-electron chi connectivity index (χ4n) is 1.94. The molecule has 1 rings (SSSR count). The van der Waals surface area contributed by atoms with Crippen LogP contribution in [0.25, 0.3) is 0 Å². The predicted molar refractivity (Wildman–Crippen MR) is 70.5 cm³/mol. The Labute approximate surface area is 109 Å². The number of nitriles is 1. The summed E-state index contributed by atoms with van der Waals surface area (Å²) < 4.78 is 26.3. The lowest BCUT2D eigenvalue weighted by Gasteiger charge is -2.25. The number of nitrogens with zero attached hydrogens (tertiary/aromatic N) is 2. The third-order valence-electron chi connectivity index (χ3n) is 3.12. The molecule has 0 fully saturated rings. The van der Waals surface area contributed by atoms with Gasteiger partial charge in [0, 0.05) is 13.1 Å². The van der Waals surface area contributed by atoms with Crippen molar-refractivity contribution in [3.63, 3.8) is 0 Å². The van der Waals surface area contributed by atoms with Crippen LogP contribution >= 0.6 is 0 Å². The number of hydrogen-bond donors (Lipinski definition) is 0. The van der Waals surface area contributed by atoms with Crippen LogP contribution in [0.15, 0.2) is 29.2 Å². The monoisotopic (exact) mass is 266 g/mol. The second-order valence-electron chi connectivity index (χ2n) is 4.10. The molecule has 1 aromatic rings. The number of rotatable bonds is 5. The molecule has 0 radical (unpaired) electrons. The van der Waals surface area contributed by atoms with E-state index in [1.165, 1.54) is 16.4 Å². The molecular formula is C13H18N2O2S. The second-order valence-corrected chi connectivity index (χ2v) is 6.07. The Balaban J connectivity index is 3.26. The zero-order valence-electron chi connectivity index (χ0n) is 10.9. The van der Waals surface area contributed by atoms with Crippen molar-refractivity contribution >= 4 is 10.0 Å². The predicted octanol–water partition coefficient (Wildman–Crippen LogP) is 2.37. The number of sulfonamides is 1. The van der Waals surface area contributed by atoms with Crippen molar-refractivity contribution in [3.05, 3.63) is 29.8 Å². The van der Waals surface area contributed by atoms with Crippen LogP contribution in [0, 0.1) is 11.3 Å². The van der Waals surface area contributed by atoms with Gasteiger partial charge in [0.1, 0.15) is 6.07 Å². The fraction of sp³-hybridized carbons (Fsp3) is 0.462. The zero-order valence-corrected chi connectivity index (χ0v) is 11.7. The Morgan fingerprint density at radius 2 is 1.83 bits per heavy atom. The van der Waals surface area contributed by atoms with Gasteiger partial charge >= 0.3 is 0 Å². The van der Waals surface area contributed by atoms with Crippen molar-refractivity contribution in [3.8, 4) is 6.07 Å². The van der Waals surface area contributed by atoms with Crippen LogP contribution in [0.2, 0.25) is 0 Å². The van der Waals surface area contributed by atoms with Crippen LogP contribution in [-0.4, -0.2) is 25.8 Å². The lowest BCUT2D eigenvalue weighted by Crippen LogP contribution is -2.36. The molecule has 0 bridgehead atoms. The van der Waals surface area contributed by atoms with Crippen molar-refractivity contribution in [1.29, 1.82) is 5.26 Å². The van der Waals surface area contributed by atoms with E-state index in [1.54, 1.807) is 19.2 Å². The summed E-state index contributed by atoms with van der Waals surface area (Å²) in [5.74, 6) is 0. The largest absolute Gasteiger partial charge is 0.244 e.